The van der Waals surface area contributed by atoms with E-state index < -0.39 is 0 Å². The Hall–Kier alpha value is -2.82. The lowest BCUT2D eigenvalue weighted by Crippen LogP contribution is -2.27. The summed E-state index contributed by atoms with van der Waals surface area (Å²) in [5.41, 5.74) is 3.01. The van der Waals surface area contributed by atoms with Gasteiger partial charge in [0.2, 0.25) is 5.91 Å². The molecule has 0 saturated heterocycles. The van der Waals surface area contributed by atoms with Crippen molar-refractivity contribution in [1.82, 2.24) is 4.90 Å². The second-order valence-corrected chi connectivity index (χ2v) is 6.45. The molecule has 0 aromatic heterocycles. The molecule has 1 N–H and O–H groups in total. The molecule has 1 aliphatic heterocycles. The van der Waals surface area contributed by atoms with E-state index in [1.54, 1.807) is 20.2 Å². The Balaban J connectivity index is 1.83. The number of fused-ring (bicyclic) bond motifs is 1. The van der Waals surface area contributed by atoms with Crippen molar-refractivity contribution in [2.75, 3.05) is 26.0 Å². The van der Waals surface area contributed by atoms with E-state index in [1.165, 1.54) is 4.90 Å². The molecule has 0 radical (unpaired) electrons. The molecule has 0 bridgehead atoms. The summed E-state index contributed by atoms with van der Waals surface area (Å²) in [6.07, 6.45) is 0.637. The van der Waals surface area contributed by atoms with Crippen LogP contribution in [0.2, 0.25) is 0 Å². The van der Waals surface area contributed by atoms with Gasteiger partial charge in [0.25, 0.3) is 5.91 Å². The Labute approximate surface area is 147 Å². The largest absolute Gasteiger partial charge is 0.493 e. The molecular formula is C20H22N2O3. The molecule has 1 atom stereocenters. The summed E-state index contributed by atoms with van der Waals surface area (Å²) in [6, 6.07) is 13.0. The van der Waals surface area contributed by atoms with E-state index in [0.29, 0.717) is 24.3 Å². The van der Waals surface area contributed by atoms with Crippen LogP contribution in [0.25, 0.3) is 0 Å². The molecule has 0 unspecified atom stereocenters. The van der Waals surface area contributed by atoms with Gasteiger partial charge in [0.15, 0.2) is 0 Å². The first-order valence-electron chi connectivity index (χ1n) is 8.32. The molecular weight excluding hydrogens is 316 g/mol. The Morgan fingerprint density at radius 1 is 1.16 bits per heavy atom. The molecule has 2 aromatic carbocycles. The highest BCUT2D eigenvalue weighted by Crippen LogP contribution is 2.34. The van der Waals surface area contributed by atoms with Gasteiger partial charge >= 0.3 is 0 Å². The molecule has 3 rings (SSSR count). The Bertz CT molecular complexity index is 814. The van der Waals surface area contributed by atoms with E-state index in [0.717, 1.165) is 16.9 Å². The predicted molar refractivity (Wildman–Crippen MR) is 97.1 cm³/mol. The third kappa shape index (κ3) is 3.50. The van der Waals surface area contributed by atoms with Crippen LogP contribution in [0.3, 0.4) is 0 Å². The third-order valence-electron chi connectivity index (χ3n) is 4.42. The second kappa shape index (κ2) is 6.97. The Kier molecular flexibility index (Phi) is 4.74. The van der Waals surface area contributed by atoms with Gasteiger partial charge in [-0.05, 0) is 37.1 Å². The van der Waals surface area contributed by atoms with Gasteiger partial charge in [0, 0.05) is 30.9 Å². The zero-order chi connectivity index (χ0) is 18.0. The van der Waals surface area contributed by atoms with Crippen LogP contribution in [0.5, 0.6) is 5.75 Å². The summed E-state index contributed by atoms with van der Waals surface area (Å²) in [5, 5.41) is 2.95. The molecule has 2 aromatic rings. The highest BCUT2D eigenvalue weighted by Gasteiger charge is 2.27. The van der Waals surface area contributed by atoms with Crippen molar-refractivity contribution in [3.05, 3.63) is 59.2 Å². The number of carbonyl (C=O) groups is 2. The van der Waals surface area contributed by atoms with Crippen LogP contribution in [-0.2, 0) is 4.79 Å². The van der Waals surface area contributed by atoms with Crippen LogP contribution in [0.4, 0.5) is 5.69 Å². The lowest BCUT2D eigenvalue weighted by Gasteiger charge is -2.25. The number of nitrogens with zero attached hydrogens (tertiary/aromatic N) is 1. The van der Waals surface area contributed by atoms with Crippen molar-refractivity contribution < 1.29 is 14.3 Å². The molecule has 0 aliphatic carbocycles. The summed E-state index contributed by atoms with van der Waals surface area (Å²) in [6.45, 7) is 2.41. The fourth-order valence-electron chi connectivity index (χ4n) is 3.01. The summed E-state index contributed by atoms with van der Waals surface area (Å²) in [4.78, 5) is 26.6. The maximum absolute atomic E-state index is 12.8. The number of amides is 2. The van der Waals surface area contributed by atoms with E-state index >= 15 is 0 Å². The standard InChI is InChI=1S/C20H22N2O3/c1-13-8-9-14(12-17(13)20(24)22(2)3)21-19(23)16-10-11-25-18-7-5-4-6-15(16)18/h4-9,12,16H,10-11H2,1-3H3,(H,21,23)/t16-/m1/s1. The number of anilines is 1. The van der Waals surface area contributed by atoms with Crippen molar-refractivity contribution in [2.45, 2.75) is 19.3 Å². The van der Waals surface area contributed by atoms with Crippen molar-refractivity contribution >= 4 is 17.5 Å². The molecule has 1 heterocycles. The Morgan fingerprint density at radius 3 is 2.68 bits per heavy atom. The first kappa shape index (κ1) is 17.0. The van der Waals surface area contributed by atoms with E-state index in [1.807, 2.05) is 43.3 Å². The van der Waals surface area contributed by atoms with Crippen molar-refractivity contribution in [3.63, 3.8) is 0 Å². The topological polar surface area (TPSA) is 58.6 Å². The monoisotopic (exact) mass is 338 g/mol. The van der Waals surface area contributed by atoms with Gasteiger partial charge in [0.05, 0.1) is 12.5 Å². The molecule has 5 nitrogen and oxygen atoms in total. The number of hydrogen-bond donors (Lipinski definition) is 1. The van der Waals surface area contributed by atoms with Crippen molar-refractivity contribution in [3.8, 4) is 5.75 Å². The van der Waals surface area contributed by atoms with Crippen LogP contribution < -0.4 is 10.1 Å². The zero-order valence-corrected chi connectivity index (χ0v) is 14.7. The van der Waals surface area contributed by atoms with Crippen LogP contribution in [0.15, 0.2) is 42.5 Å². The fourth-order valence-corrected chi connectivity index (χ4v) is 3.01. The minimum Gasteiger partial charge on any atom is -0.493 e. The van der Waals surface area contributed by atoms with Crippen LogP contribution >= 0.6 is 0 Å². The molecule has 25 heavy (non-hydrogen) atoms. The first-order chi connectivity index (χ1) is 12.0. The average Bonchev–Trinajstić information content (AvgIpc) is 2.62. The number of rotatable bonds is 3. The van der Waals surface area contributed by atoms with Gasteiger partial charge in [-0.25, -0.2) is 0 Å². The van der Waals surface area contributed by atoms with E-state index in [2.05, 4.69) is 5.32 Å². The Morgan fingerprint density at radius 2 is 1.92 bits per heavy atom. The van der Waals surface area contributed by atoms with E-state index in [-0.39, 0.29) is 17.7 Å². The van der Waals surface area contributed by atoms with Crippen molar-refractivity contribution in [2.24, 2.45) is 0 Å². The molecule has 1 aliphatic rings. The van der Waals surface area contributed by atoms with Crippen LogP contribution in [0, 0.1) is 6.92 Å². The lowest BCUT2D eigenvalue weighted by molar-refractivity contribution is -0.118. The number of aryl methyl sites for hydroxylation is 1. The van der Waals surface area contributed by atoms with Gasteiger partial charge in [-0.3, -0.25) is 9.59 Å². The minimum absolute atomic E-state index is 0.0787. The smallest absolute Gasteiger partial charge is 0.253 e. The SMILES string of the molecule is Cc1ccc(NC(=O)[C@@H]2CCOc3ccccc32)cc1C(=O)N(C)C. The number of hydrogen-bond acceptors (Lipinski definition) is 3. The van der Waals surface area contributed by atoms with E-state index in [4.69, 9.17) is 4.74 Å². The molecule has 5 heteroatoms. The van der Waals surface area contributed by atoms with Gasteiger partial charge in [0.1, 0.15) is 5.75 Å². The third-order valence-corrected chi connectivity index (χ3v) is 4.42. The van der Waals surface area contributed by atoms with Gasteiger partial charge < -0.3 is 15.0 Å². The summed E-state index contributed by atoms with van der Waals surface area (Å²) in [5.74, 6) is 0.355. The van der Waals surface area contributed by atoms with Gasteiger partial charge in [-0.15, -0.1) is 0 Å². The molecule has 2 amide bonds. The molecule has 0 fully saturated rings. The molecule has 130 valence electrons. The molecule has 0 saturated carbocycles. The maximum Gasteiger partial charge on any atom is 0.253 e. The first-order valence-corrected chi connectivity index (χ1v) is 8.32. The highest BCUT2D eigenvalue weighted by atomic mass is 16.5. The average molecular weight is 338 g/mol. The quantitative estimate of drug-likeness (QED) is 0.935. The van der Waals surface area contributed by atoms with E-state index in [9.17, 15) is 9.59 Å². The lowest BCUT2D eigenvalue weighted by atomic mass is 9.92. The normalized spacial score (nSPS) is 15.7. The number of benzene rings is 2. The second-order valence-electron chi connectivity index (χ2n) is 6.45. The number of carbonyl (C=O) groups excluding carboxylic acids is 2. The molecule has 0 spiro atoms. The number of nitrogens with one attached hydrogen (secondary N) is 1. The van der Waals surface area contributed by atoms with Gasteiger partial charge in [-0.2, -0.15) is 0 Å². The fraction of sp³-hybridized carbons (Fsp3) is 0.300. The van der Waals surface area contributed by atoms with Gasteiger partial charge in [-0.1, -0.05) is 24.3 Å². The maximum atomic E-state index is 12.8. The van der Waals surface area contributed by atoms with Crippen molar-refractivity contribution in [1.29, 1.82) is 0 Å². The van der Waals surface area contributed by atoms with Crippen LogP contribution in [-0.4, -0.2) is 37.4 Å². The van der Waals surface area contributed by atoms with Crippen LogP contribution in [0.1, 0.15) is 33.8 Å². The zero-order valence-electron chi connectivity index (χ0n) is 14.7. The summed E-state index contributed by atoms with van der Waals surface area (Å²) >= 11 is 0. The summed E-state index contributed by atoms with van der Waals surface area (Å²) in [7, 11) is 3.43. The predicted octanol–water partition coefficient (Wildman–Crippen LogP) is 3.20. The number of ether oxygens (including phenoxy) is 1. The number of para-hydroxylation sites is 1. The minimum atomic E-state index is -0.251. The summed E-state index contributed by atoms with van der Waals surface area (Å²) < 4.78 is 5.62. The highest BCUT2D eigenvalue weighted by molar-refractivity contribution is 6.00.